The summed E-state index contributed by atoms with van der Waals surface area (Å²) in [6.07, 6.45) is 4.58. The molecule has 0 saturated heterocycles. The quantitative estimate of drug-likeness (QED) is 0.524. The van der Waals surface area contributed by atoms with E-state index in [0.29, 0.717) is 5.69 Å². The average Bonchev–Trinajstić information content (AvgIpc) is 2.43. The summed E-state index contributed by atoms with van der Waals surface area (Å²) in [5.74, 6) is 0. The van der Waals surface area contributed by atoms with Gasteiger partial charge in [0, 0.05) is 12.2 Å². The van der Waals surface area contributed by atoms with Crippen LogP contribution in [-0.2, 0) is 6.54 Å². The molecule has 0 fully saturated rings. The molecule has 0 aliphatic carbocycles. The van der Waals surface area contributed by atoms with Crippen LogP contribution in [0.3, 0.4) is 0 Å². The van der Waals surface area contributed by atoms with Gasteiger partial charge in [-0.05, 0) is 20.8 Å². The third kappa shape index (κ3) is 2.28. The monoisotopic (exact) mass is 178 g/mol. The van der Waals surface area contributed by atoms with Gasteiger partial charge < -0.3 is 4.57 Å². The molecule has 1 rings (SSSR count). The van der Waals surface area contributed by atoms with E-state index in [1.165, 1.54) is 5.57 Å². The second-order valence-corrected chi connectivity index (χ2v) is 3.27. The Balaban J connectivity index is 2.84. The van der Waals surface area contributed by atoms with Crippen LogP contribution >= 0.6 is 0 Å². The van der Waals surface area contributed by atoms with Gasteiger partial charge >= 0.3 is 0 Å². The number of imidazole rings is 1. The zero-order chi connectivity index (χ0) is 9.84. The highest BCUT2D eigenvalue weighted by atomic mass is 16.1. The van der Waals surface area contributed by atoms with Gasteiger partial charge in [0.2, 0.25) is 0 Å². The minimum atomic E-state index is 0.530. The van der Waals surface area contributed by atoms with E-state index in [0.717, 1.165) is 18.5 Å². The van der Waals surface area contributed by atoms with Gasteiger partial charge in [-0.3, -0.25) is 4.79 Å². The SMILES string of the molecule is CC(C)=CCn1cnc(C=O)c1C. The van der Waals surface area contributed by atoms with Gasteiger partial charge in [0.15, 0.2) is 6.29 Å². The fraction of sp³-hybridized carbons (Fsp3) is 0.400. The van der Waals surface area contributed by atoms with Crippen LogP contribution in [0.1, 0.15) is 30.0 Å². The van der Waals surface area contributed by atoms with Crippen LogP contribution < -0.4 is 0 Å². The molecule has 0 amide bonds. The molecule has 1 heterocycles. The predicted octanol–water partition coefficient (Wildman–Crippen LogP) is 1.97. The molecule has 0 aliphatic rings. The van der Waals surface area contributed by atoms with Gasteiger partial charge in [-0.15, -0.1) is 0 Å². The lowest BCUT2D eigenvalue weighted by Crippen LogP contribution is -1.97. The molecular weight excluding hydrogens is 164 g/mol. The van der Waals surface area contributed by atoms with Crippen molar-refractivity contribution in [2.75, 3.05) is 0 Å². The number of carbonyl (C=O) groups excluding carboxylic acids is 1. The van der Waals surface area contributed by atoms with Crippen LogP contribution in [0.15, 0.2) is 18.0 Å². The molecular formula is C10H14N2O. The normalized spacial score (nSPS) is 9.77. The van der Waals surface area contributed by atoms with Crippen molar-refractivity contribution in [2.45, 2.75) is 27.3 Å². The molecule has 3 nitrogen and oxygen atoms in total. The van der Waals surface area contributed by atoms with Crippen molar-refractivity contribution in [1.29, 1.82) is 0 Å². The molecule has 0 bridgehead atoms. The molecule has 0 aliphatic heterocycles. The number of allylic oxidation sites excluding steroid dienone is 2. The summed E-state index contributed by atoms with van der Waals surface area (Å²) in [5, 5.41) is 0. The smallest absolute Gasteiger partial charge is 0.170 e. The van der Waals surface area contributed by atoms with E-state index >= 15 is 0 Å². The number of carbonyl (C=O) groups is 1. The molecule has 1 aromatic heterocycles. The Morgan fingerprint density at radius 3 is 2.77 bits per heavy atom. The summed E-state index contributed by atoms with van der Waals surface area (Å²) in [7, 11) is 0. The maximum atomic E-state index is 10.5. The van der Waals surface area contributed by atoms with Crippen molar-refractivity contribution < 1.29 is 4.79 Å². The van der Waals surface area contributed by atoms with Crippen molar-refractivity contribution in [3.05, 3.63) is 29.4 Å². The van der Waals surface area contributed by atoms with Crippen LogP contribution in [-0.4, -0.2) is 15.8 Å². The summed E-state index contributed by atoms with van der Waals surface area (Å²) >= 11 is 0. The Bertz CT molecular complexity index is 333. The van der Waals surface area contributed by atoms with Crippen LogP contribution in [0.2, 0.25) is 0 Å². The first-order valence-electron chi connectivity index (χ1n) is 4.25. The fourth-order valence-corrected chi connectivity index (χ4v) is 1.04. The van der Waals surface area contributed by atoms with Crippen molar-refractivity contribution in [2.24, 2.45) is 0 Å². The third-order valence-electron chi connectivity index (χ3n) is 1.95. The molecule has 13 heavy (non-hydrogen) atoms. The number of hydrogen-bond acceptors (Lipinski definition) is 2. The molecule has 0 aromatic carbocycles. The van der Waals surface area contributed by atoms with Gasteiger partial charge in [0.05, 0.1) is 6.33 Å². The fourth-order valence-electron chi connectivity index (χ4n) is 1.04. The topological polar surface area (TPSA) is 34.9 Å². The Morgan fingerprint density at radius 2 is 2.31 bits per heavy atom. The van der Waals surface area contributed by atoms with E-state index in [2.05, 4.69) is 11.1 Å². The largest absolute Gasteiger partial charge is 0.330 e. The van der Waals surface area contributed by atoms with Crippen LogP contribution in [0.5, 0.6) is 0 Å². The highest BCUT2D eigenvalue weighted by molar-refractivity contribution is 5.73. The van der Waals surface area contributed by atoms with Crippen LogP contribution in [0, 0.1) is 6.92 Å². The highest BCUT2D eigenvalue weighted by Crippen LogP contribution is 2.04. The van der Waals surface area contributed by atoms with Gasteiger partial charge in [-0.1, -0.05) is 11.6 Å². The van der Waals surface area contributed by atoms with Crippen molar-refractivity contribution >= 4 is 6.29 Å². The van der Waals surface area contributed by atoms with E-state index < -0.39 is 0 Å². The minimum Gasteiger partial charge on any atom is -0.330 e. The summed E-state index contributed by atoms with van der Waals surface area (Å²) in [6.45, 7) is 6.78. The van der Waals surface area contributed by atoms with Crippen molar-refractivity contribution in [3.63, 3.8) is 0 Å². The van der Waals surface area contributed by atoms with E-state index in [9.17, 15) is 4.79 Å². The average molecular weight is 178 g/mol. The Kier molecular flexibility index (Phi) is 3.01. The zero-order valence-electron chi connectivity index (χ0n) is 8.24. The number of aromatic nitrogens is 2. The van der Waals surface area contributed by atoms with E-state index in [4.69, 9.17) is 0 Å². The third-order valence-corrected chi connectivity index (χ3v) is 1.95. The summed E-state index contributed by atoms with van der Waals surface area (Å²) < 4.78 is 1.96. The number of rotatable bonds is 3. The lowest BCUT2D eigenvalue weighted by atomic mass is 10.3. The maximum Gasteiger partial charge on any atom is 0.170 e. The Morgan fingerprint density at radius 1 is 1.62 bits per heavy atom. The number of nitrogens with zero attached hydrogens (tertiary/aromatic N) is 2. The second kappa shape index (κ2) is 4.03. The molecule has 0 N–H and O–H groups in total. The van der Waals surface area contributed by atoms with Gasteiger partial charge in [0.25, 0.3) is 0 Å². The molecule has 0 atom stereocenters. The molecule has 0 unspecified atom stereocenters. The first kappa shape index (κ1) is 9.71. The summed E-state index contributed by atoms with van der Waals surface area (Å²) in [5.41, 5.74) is 2.72. The van der Waals surface area contributed by atoms with E-state index in [1.807, 2.05) is 25.3 Å². The van der Waals surface area contributed by atoms with Crippen molar-refractivity contribution in [1.82, 2.24) is 9.55 Å². The zero-order valence-corrected chi connectivity index (χ0v) is 8.24. The van der Waals surface area contributed by atoms with Crippen LogP contribution in [0.25, 0.3) is 0 Å². The summed E-state index contributed by atoms with van der Waals surface area (Å²) in [6, 6.07) is 0. The number of aldehydes is 1. The van der Waals surface area contributed by atoms with Crippen molar-refractivity contribution in [3.8, 4) is 0 Å². The highest BCUT2D eigenvalue weighted by Gasteiger charge is 2.02. The first-order chi connectivity index (χ1) is 6.15. The summed E-state index contributed by atoms with van der Waals surface area (Å²) in [4.78, 5) is 14.5. The lowest BCUT2D eigenvalue weighted by molar-refractivity contribution is 0.111. The number of hydrogen-bond donors (Lipinski definition) is 0. The molecule has 0 spiro atoms. The maximum absolute atomic E-state index is 10.5. The van der Waals surface area contributed by atoms with E-state index in [-0.39, 0.29) is 0 Å². The Labute approximate surface area is 78.1 Å². The van der Waals surface area contributed by atoms with Gasteiger partial charge in [0.1, 0.15) is 5.69 Å². The lowest BCUT2D eigenvalue weighted by Gasteiger charge is -2.00. The minimum absolute atomic E-state index is 0.530. The Hall–Kier alpha value is -1.38. The first-order valence-corrected chi connectivity index (χ1v) is 4.25. The predicted molar refractivity (Wildman–Crippen MR) is 51.8 cm³/mol. The van der Waals surface area contributed by atoms with Gasteiger partial charge in [-0.2, -0.15) is 0 Å². The van der Waals surface area contributed by atoms with Gasteiger partial charge in [-0.25, -0.2) is 4.98 Å². The van der Waals surface area contributed by atoms with E-state index in [1.54, 1.807) is 6.33 Å². The van der Waals surface area contributed by atoms with Crippen LogP contribution in [0.4, 0.5) is 0 Å². The molecule has 0 radical (unpaired) electrons. The molecule has 70 valence electrons. The molecule has 1 aromatic rings. The molecule has 3 heteroatoms. The second-order valence-electron chi connectivity index (χ2n) is 3.27. The molecule has 0 saturated carbocycles. The standard InChI is InChI=1S/C10H14N2O/c1-8(2)4-5-12-7-11-10(6-13)9(12)3/h4,6-7H,5H2,1-3H3.